The fraction of sp³-hybridized carbons (Fsp3) is 0.536. The summed E-state index contributed by atoms with van der Waals surface area (Å²) in [5, 5.41) is 22.0. The number of halogens is 9. The summed E-state index contributed by atoms with van der Waals surface area (Å²) in [5.41, 5.74) is -4.68. The zero-order valence-corrected chi connectivity index (χ0v) is 24.0. The molecule has 1 N–H and O–H groups in total. The van der Waals surface area contributed by atoms with Gasteiger partial charge in [0.15, 0.2) is 0 Å². The fourth-order valence-electron chi connectivity index (χ4n) is 5.37. The van der Waals surface area contributed by atoms with Gasteiger partial charge in [-0.15, -0.1) is 5.10 Å². The van der Waals surface area contributed by atoms with Crippen LogP contribution in [0.4, 0.5) is 45.5 Å². The first-order chi connectivity index (χ1) is 20.3. The van der Waals surface area contributed by atoms with Crippen LogP contribution in [-0.4, -0.2) is 48.9 Å². The first-order valence-electron chi connectivity index (χ1n) is 13.7. The largest absolute Gasteiger partial charge is 0.416 e. The molecule has 1 aliphatic rings. The minimum atomic E-state index is -5.09. The summed E-state index contributed by atoms with van der Waals surface area (Å²) < 4.78 is 123. The van der Waals surface area contributed by atoms with Crippen molar-refractivity contribution in [2.75, 3.05) is 18.0 Å². The number of tetrazole rings is 1. The first kappa shape index (κ1) is 33.5. The van der Waals surface area contributed by atoms with Crippen molar-refractivity contribution in [3.8, 4) is 0 Å². The Labute approximate surface area is 247 Å². The van der Waals surface area contributed by atoms with E-state index in [0.29, 0.717) is 50.0 Å². The van der Waals surface area contributed by atoms with E-state index in [1.54, 1.807) is 6.92 Å². The summed E-state index contributed by atoms with van der Waals surface area (Å²) >= 11 is 0. The van der Waals surface area contributed by atoms with Gasteiger partial charge >= 0.3 is 18.5 Å². The highest BCUT2D eigenvalue weighted by Gasteiger charge is 2.38. The van der Waals surface area contributed by atoms with E-state index in [1.807, 2.05) is 11.8 Å². The van der Waals surface area contributed by atoms with Crippen LogP contribution in [0.1, 0.15) is 72.5 Å². The average molecular weight is 639 g/mol. The normalized spacial score (nSPS) is 17.1. The summed E-state index contributed by atoms with van der Waals surface area (Å²) in [6.45, 7) is 3.50. The maximum atomic E-state index is 13.8. The van der Waals surface area contributed by atoms with E-state index >= 15 is 0 Å². The Morgan fingerprint density at radius 1 is 0.864 bits per heavy atom. The number of rotatable bonds is 8. The van der Waals surface area contributed by atoms with Gasteiger partial charge < -0.3 is 10.0 Å². The van der Waals surface area contributed by atoms with Crippen LogP contribution in [0.2, 0.25) is 0 Å². The molecule has 242 valence electrons. The second kappa shape index (κ2) is 12.2. The number of aliphatic hydroxyl groups is 1. The summed E-state index contributed by atoms with van der Waals surface area (Å²) in [6, 6.07) is 3.93. The van der Waals surface area contributed by atoms with Crippen molar-refractivity contribution in [1.29, 1.82) is 0 Å². The van der Waals surface area contributed by atoms with Crippen molar-refractivity contribution in [1.82, 2.24) is 25.1 Å². The lowest BCUT2D eigenvalue weighted by atomic mass is 9.89. The maximum absolute atomic E-state index is 13.8. The second-order valence-corrected chi connectivity index (χ2v) is 11.2. The molecule has 3 aromatic rings. The molecule has 16 heteroatoms. The molecule has 4 rings (SSSR count). The molecule has 7 nitrogen and oxygen atoms in total. The van der Waals surface area contributed by atoms with Crippen LogP contribution in [0.3, 0.4) is 0 Å². The van der Waals surface area contributed by atoms with Gasteiger partial charge in [-0.3, -0.25) is 4.90 Å². The predicted octanol–water partition coefficient (Wildman–Crippen LogP) is 6.77. The molecule has 2 aromatic carbocycles. The molecule has 0 amide bonds. The Morgan fingerprint density at radius 3 is 1.91 bits per heavy atom. The number of aryl methyl sites for hydroxylation is 1. The van der Waals surface area contributed by atoms with E-state index in [2.05, 4.69) is 15.4 Å². The lowest BCUT2D eigenvalue weighted by Gasteiger charge is -2.41. The molecule has 0 aliphatic carbocycles. The van der Waals surface area contributed by atoms with Gasteiger partial charge in [0.2, 0.25) is 0 Å². The highest BCUT2D eigenvalue weighted by atomic mass is 19.4. The molecule has 2 heterocycles. The van der Waals surface area contributed by atoms with Gasteiger partial charge in [0.1, 0.15) is 0 Å². The number of likely N-dealkylation sites (tertiary alicyclic amines) is 1. The van der Waals surface area contributed by atoms with Gasteiger partial charge in [0.05, 0.1) is 29.3 Å². The van der Waals surface area contributed by atoms with E-state index < -0.39 is 52.9 Å². The Balaban J connectivity index is 1.80. The second-order valence-electron chi connectivity index (χ2n) is 11.2. The number of aromatic nitrogens is 4. The lowest BCUT2D eigenvalue weighted by Crippen LogP contribution is -2.44. The molecule has 0 spiro atoms. The number of hydrogen-bond acceptors (Lipinski definition) is 6. The van der Waals surface area contributed by atoms with Gasteiger partial charge in [0.25, 0.3) is 5.95 Å². The van der Waals surface area contributed by atoms with Crippen molar-refractivity contribution >= 4 is 5.95 Å². The Hall–Kier alpha value is -3.40. The molecule has 0 saturated carbocycles. The van der Waals surface area contributed by atoms with Gasteiger partial charge in [-0.25, -0.2) is 0 Å². The Kier molecular flexibility index (Phi) is 9.27. The molecule has 44 heavy (non-hydrogen) atoms. The van der Waals surface area contributed by atoms with Gasteiger partial charge in [0, 0.05) is 32.2 Å². The van der Waals surface area contributed by atoms with Crippen LogP contribution in [-0.2, 0) is 38.7 Å². The van der Waals surface area contributed by atoms with Crippen molar-refractivity contribution in [2.24, 2.45) is 7.05 Å². The first-order valence-corrected chi connectivity index (χ1v) is 13.7. The molecule has 1 aliphatic heterocycles. The smallest absolute Gasteiger partial charge is 0.390 e. The van der Waals surface area contributed by atoms with E-state index in [-0.39, 0.29) is 30.2 Å². The lowest BCUT2D eigenvalue weighted by molar-refractivity contribution is -0.143. The minimum absolute atomic E-state index is 0.00114. The average Bonchev–Trinajstić information content (AvgIpc) is 3.34. The van der Waals surface area contributed by atoms with E-state index in [4.69, 9.17) is 0 Å². The van der Waals surface area contributed by atoms with Crippen molar-refractivity contribution in [2.45, 2.75) is 76.4 Å². The molecule has 0 bridgehead atoms. The van der Waals surface area contributed by atoms with Crippen molar-refractivity contribution in [3.63, 3.8) is 0 Å². The molecule has 1 saturated heterocycles. The van der Waals surface area contributed by atoms with E-state index in [0.717, 1.165) is 16.9 Å². The highest BCUT2D eigenvalue weighted by Crippen LogP contribution is 2.39. The van der Waals surface area contributed by atoms with Crippen LogP contribution in [0.25, 0.3) is 0 Å². The van der Waals surface area contributed by atoms with Crippen LogP contribution in [0, 0.1) is 0 Å². The predicted molar refractivity (Wildman–Crippen MR) is 141 cm³/mol. The zero-order valence-electron chi connectivity index (χ0n) is 24.0. The van der Waals surface area contributed by atoms with Gasteiger partial charge in [-0.2, -0.15) is 44.3 Å². The number of nitrogens with zero attached hydrogens (tertiary/aromatic N) is 6. The highest BCUT2D eigenvalue weighted by molar-refractivity contribution is 5.42. The van der Waals surface area contributed by atoms with Crippen molar-refractivity contribution < 1.29 is 44.6 Å². The quantitative estimate of drug-likeness (QED) is 0.275. The fourth-order valence-corrected chi connectivity index (χ4v) is 5.37. The number of anilines is 1. The van der Waals surface area contributed by atoms with Crippen LogP contribution < -0.4 is 4.90 Å². The number of hydrogen-bond donors (Lipinski definition) is 1. The van der Waals surface area contributed by atoms with Crippen LogP contribution in [0.15, 0.2) is 36.4 Å². The maximum Gasteiger partial charge on any atom is 0.416 e. The summed E-state index contributed by atoms with van der Waals surface area (Å²) in [7, 11) is 1.38. The third-order valence-corrected chi connectivity index (χ3v) is 7.69. The molecule has 1 fully saturated rings. The summed E-state index contributed by atoms with van der Waals surface area (Å²) in [6.07, 6.45) is -13.6. The van der Waals surface area contributed by atoms with Crippen LogP contribution in [0.5, 0.6) is 0 Å². The Morgan fingerprint density at radius 2 is 1.43 bits per heavy atom. The molecule has 1 unspecified atom stereocenters. The zero-order chi connectivity index (χ0) is 32.7. The van der Waals surface area contributed by atoms with Crippen molar-refractivity contribution in [3.05, 3.63) is 69.8 Å². The standard InChI is InChI=1S/C28H31F9N6O/c1-4-23(42-9-7-25(2,44)8-10-42)22-6-5-19(26(29,30)31)13-18(22)16-43(24-38-40-41(3)39-24)15-17-11-20(27(32,33)34)14-21(12-17)28(35,36)37/h5-6,11-14,23,44H,4,7-10,15-16H2,1-3H3. The monoisotopic (exact) mass is 638 g/mol. The Bertz CT molecular complexity index is 1410. The molecule has 1 atom stereocenters. The summed E-state index contributed by atoms with van der Waals surface area (Å²) in [4.78, 5) is 4.24. The number of piperidine rings is 1. The van der Waals surface area contributed by atoms with E-state index in [9.17, 15) is 44.6 Å². The molecule has 0 radical (unpaired) electrons. The summed E-state index contributed by atoms with van der Waals surface area (Å²) in [5.74, 6) is -0.205. The van der Waals surface area contributed by atoms with E-state index in [1.165, 1.54) is 18.0 Å². The van der Waals surface area contributed by atoms with Gasteiger partial charge in [-0.05, 0) is 78.4 Å². The third-order valence-electron chi connectivity index (χ3n) is 7.69. The topological polar surface area (TPSA) is 70.3 Å². The van der Waals surface area contributed by atoms with Crippen LogP contribution >= 0.6 is 0 Å². The third kappa shape index (κ3) is 8.00. The minimum Gasteiger partial charge on any atom is -0.390 e. The van der Waals surface area contributed by atoms with Gasteiger partial charge in [-0.1, -0.05) is 18.1 Å². The molecular weight excluding hydrogens is 607 g/mol. The number of alkyl halides is 9. The number of benzene rings is 2. The molecular formula is C28H31F9N6O. The molecule has 1 aromatic heterocycles. The SMILES string of the molecule is CCC(c1ccc(C(F)(F)F)cc1CN(Cc1cc(C(F)(F)F)cc(C(F)(F)F)c1)c1nnn(C)n1)N1CCC(C)(O)CC1.